The highest BCUT2D eigenvalue weighted by Crippen LogP contribution is 2.23. The van der Waals surface area contributed by atoms with Crippen molar-refractivity contribution in [2.75, 3.05) is 11.9 Å². The highest BCUT2D eigenvalue weighted by atomic mass is 35.5. The van der Waals surface area contributed by atoms with Gasteiger partial charge in [-0.2, -0.15) is 5.26 Å². The van der Waals surface area contributed by atoms with Crippen molar-refractivity contribution in [3.8, 4) is 6.07 Å². The predicted molar refractivity (Wildman–Crippen MR) is 70.6 cm³/mol. The zero-order valence-electron chi connectivity index (χ0n) is 10.3. The van der Waals surface area contributed by atoms with Crippen LogP contribution in [0, 0.1) is 23.2 Å². The summed E-state index contributed by atoms with van der Waals surface area (Å²) in [5, 5.41) is 21.2. The Labute approximate surface area is 111 Å². The number of carboxylic acids is 1. The Morgan fingerprint density at radius 3 is 2.67 bits per heavy atom. The fourth-order valence-corrected chi connectivity index (χ4v) is 1.80. The number of halogens is 1. The van der Waals surface area contributed by atoms with Gasteiger partial charge in [-0.15, -0.1) is 0 Å². The standard InChI is InChI=1S/C13H15ClN2O2/c1-8(2)10(13(17)18)7-16-12-4-3-9(6-15)5-11(12)14/h3-5,8,10,16H,7H2,1-2H3,(H,17,18). The van der Waals surface area contributed by atoms with Crippen molar-refractivity contribution in [3.05, 3.63) is 28.8 Å². The summed E-state index contributed by atoms with van der Waals surface area (Å²) in [7, 11) is 0. The van der Waals surface area contributed by atoms with Crippen LogP contribution >= 0.6 is 11.6 Å². The Balaban J connectivity index is 2.74. The SMILES string of the molecule is CC(C)C(CNc1ccc(C#N)cc1Cl)C(=O)O. The Bertz CT molecular complexity index is 480. The molecule has 0 spiro atoms. The van der Waals surface area contributed by atoms with Gasteiger partial charge in [-0.25, -0.2) is 0 Å². The number of rotatable bonds is 5. The molecule has 18 heavy (non-hydrogen) atoms. The van der Waals surface area contributed by atoms with Crippen molar-refractivity contribution in [2.45, 2.75) is 13.8 Å². The smallest absolute Gasteiger partial charge is 0.308 e. The lowest BCUT2D eigenvalue weighted by atomic mass is 9.96. The number of nitrogens with zero attached hydrogens (tertiary/aromatic N) is 1. The first-order chi connectivity index (χ1) is 8.45. The molecule has 4 nitrogen and oxygen atoms in total. The van der Waals surface area contributed by atoms with Gasteiger partial charge in [0, 0.05) is 6.54 Å². The van der Waals surface area contributed by atoms with E-state index in [1.807, 2.05) is 19.9 Å². The second kappa shape index (κ2) is 6.27. The van der Waals surface area contributed by atoms with E-state index >= 15 is 0 Å². The molecule has 0 aliphatic rings. The minimum atomic E-state index is -0.831. The molecule has 0 amide bonds. The van der Waals surface area contributed by atoms with Crippen LogP contribution in [-0.2, 0) is 4.79 Å². The first kappa shape index (κ1) is 14.3. The summed E-state index contributed by atoms with van der Waals surface area (Å²) >= 11 is 5.99. The summed E-state index contributed by atoms with van der Waals surface area (Å²) in [5.41, 5.74) is 1.12. The first-order valence-electron chi connectivity index (χ1n) is 5.62. The van der Waals surface area contributed by atoms with Crippen LogP contribution in [0.25, 0.3) is 0 Å². The topological polar surface area (TPSA) is 73.1 Å². The van der Waals surface area contributed by atoms with E-state index in [9.17, 15) is 4.79 Å². The van der Waals surface area contributed by atoms with Gasteiger partial charge in [-0.05, 0) is 24.1 Å². The Morgan fingerprint density at radius 2 is 2.22 bits per heavy atom. The number of carbonyl (C=O) groups is 1. The molecule has 5 heteroatoms. The molecule has 0 fully saturated rings. The molecular formula is C13H15ClN2O2. The van der Waals surface area contributed by atoms with Crippen LogP contribution in [0.15, 0.2) is 18.2 Å². The molecule has 0 aliphatic heterocycles. The molecule has 1 unspecified atom stereocenters. The molecular weight excluding hydrogens is 252 g/mol. The maximum Gasteiger partial charge on any atom is 0.308 e. The third-order valence-corrected chi connectivity index (χ3v) is 3.05. The Morgan fingerprint density at radius 1 is 1.56 bits per heavy atom. The van der Waals surface area contributed by atoms with Gasteiger partial charge in [0.05, 0.1) is 28.3 Å². The van der Waals surface area contributed by atoms with Crippen molar-refractivity contribution >= 4 is 23.3 Å². The number of nitriles is 1. The molecule has 1 rings (SSSR count). The minimum absolute atomic E-state index is 0.0344. The number of aliphatic carboxylic acids is 1. The Kier molecular flexibility index (Phi) is 4.99. The monoisotopic (exact) mass is 266 g/mol. The second-order valence-corrected chi connectivity index (χ2v) is 4.78. The number of benzene rings is 1. The van der Waals surface area contributed by atoms with Crippen LogP contribution in [0.5, 0.6) is 0 Å². The van der Waals surface area contributed by atoms with Crippen LogP contribution in [0.1, 0.15) is 19.4 Å². The predicted octanol–water partition coefficient (Wildman–Crippen LogP) is 2.98. The van der Waals surface area contributed by atoms with E-state index in [4.69, 9.17) is 22.0 Å². The molecule has 1 aromatic rings. The lowest BCUT2D eigenvalue weighted by Crippen LogP contribution is -2.27. The van der Waals surface area contributed by atoms with E-state index < -0.39 is 11.9 Å². The maximum absolute atomic E-state index is 11.0. The summed E-state index contributed by atoms with van der Waals surface area (Å²) in [6.45, 7) is 4.03. The summed E-state index contributed by atoms with van der Waals surface area (Å²) in [6, 6.07) is 6.86. The van der Waals surface area contributed by atoms with E-state index in [0.717, 1.165) is 0 Å². The average Bonchev–Trinajstić information content (AvgIpc) is 2.30. The highest BCUT2D eigenvalue weighted by molar-refractivity contribution is 6.33. The van der Waals surface area contributed by atoms with Crippen molar-refractivity contribution < 1.29 is 9.90 Å². The van der Waals surface area contributed by atoms with Crippen molar-refractivity contribution in [1.29, 1.82) is 5.26 Å². The van der Waals surface area contributed by atoms with Gasteiger partial charge in [0.25, 0.3) is 0 Å². The molecule has 0 saturated carbocycles. The fraction of sp³-hybridized carbons (Fsp3) is 0.385. The lowest BCUT2D eigenvalue weighted by Gasteiger charge is -2.18. The van der Waals surface area contributed by atoms with E-state index in [2.05, 4.69) is 5.32 Å². The largest absolute Gasteiger partial charge is 0.481 e. The molecule has 0 radical (unpaired) electrons. The number of nitrogens with one attached hydrogen (secondary N) is 1. The van der Waals surface area contributed by atoms with Gasteiger partial charge in [0.2, 0.25) is 0 Å². The van der Waals surface area contributed by atoms with Crippen molar-refractivity contribution in [1.82, 2.24) is 0 Å². The van der Waals surface area contributed by atoms with Crippen LogP contribution in [0.2, 0.25) is 5.02 Å². The molecule has 0 heterocycles. The summed E-state index contributed by atoms with van der Waals surface area (Å²) in [5.74, 6) is -1.27. The molecule has 0 aliphatic carbocycles. The molecule has 0 saturated heterocycles. The lowest BCUT2D eigenvalue weighted by molar-refractivity contribution is -0.142. The van der Waals surface area contributed by atoms with E-state index in [1.54, 1.807) is 18.2 Å². The second-order valence-electron chi connectivity index (χ2n) is 4.38. The molecule has 2 N–H and O–H groups in total. The summed E-state index contributed by atoms with van der Waals surface area (Å²) in [6.07, 6.45) is 0. The Hall–Kier alpha value is -1.73. The van der Waals surface area contributed by atoms with Crippen LogP contribution in [0.3, 0.4) is 0 Å². The average molecular weight is 267 g/mol. The van der Waals surface area contributed by atoms with E-state index in [-0.39, 0.29) is 5.92 Å². The van der Waals surface area contributed by atoms with E-state index in [1.165, 1.54) is 0 Å². The van der Waals surface area contributed by atoms with Gasteiger partial charge in [0.15, 0.2) is 0 Å². The van der Waals surface area contributed by atoms with Crippen LogP contribution < -0.4 is 5.32 Å². The fourth-order valence-electron chi connectivity index (χ4n) is 1.56. The quantitative estimate of drug-likeness (QED) is 0.859. The number of carboxylic acid groups (broad SMARTS) is 1. The highest BCUT2D eigenvalue weighted by Gasteiger charge is 2.21. The van der Waals surface area contributed by atoms with Gasteiger partial charge >= 0.3 is 5.97 Å². The van der Waals surface area contributed by atoms with E-state index in [0.29, 0.717) is 22.8 Å². The van der Waals surface area contributed by atoms with Gasteiger partial charge in [-0.1, -0.05) is 25.4 Å². The zero-order valence-corrected chi connectivity index (χ0v) is 11.0. The van der Waals surface area contributed by atoms with Gasteiger partial charge < -0.3 is 10.4 Å². The minimum Gasteiger partial charge on any atom is -0.481 e. The maximum atomic E-state index is 11.0. The molecule has 1 aromatic carbocycles. The summed E-state index contributed by atoms with van der Waals surface area (Å²) in [4.78, 5) is 11.0. The van der Waals surface area contributed by atoms with Gasteiger partial charge in [-0.3, -0.25) is 4.79 Å². The molecule has 96 valence electrons. The molecule has 1 atom stereocenters. The molecule has 0 aromatic heterocycles. The van der Waals surface area contributed by atoms with Crippen LogP contribution in [0.4, 0.5) is 5.69 Å². The third-order valence-electron chi connectivity index (χ3n) is 2.73. The molecule has 0 bridgehead atoms. The third kappa shape index (κ3) is 3.64. The van der Waals surface area contributed by atoms with Crippen LogP contribution in [-0.4, -0.2) is 17.6 Å². The van der Waals surface area contributed by atoms with Crippen molar-refractivity contribution in [3.63, 3.8) is 0 Å². The zero-order chi connectivity index (χ0) is 13.7. The number of hydrogen-bond acceptors (Lipinski definition) is 3. The van der Waals surface area contributed by atoms with Gasteiger partial charge in [0.1, 0.15) is 0 Å². The normalized spacial score (nSPS) is 11.9. The number of anilines is 1. The van der Waals surface area contributed by atoms with Crippen molar-refractivity contribution in [2.24, 2.45) is 11.8 Å². The summed E-state index contributed by atoms with van der Waals surface area (Å²) < 4.78 is 0. The number of hydrogen-bond donors (Lipinski definition) is 2. The first-order valence-corrected chi connectivity index (χ1v) is 5.99.